The van der Waals surface area contributed by atoms with Crippen LogP contribution in [0.3, 0.4) is 0 Å². The van der Waals surface area contributed by atoms with Crippen molar-refractivity contribution in [2.45, 2.75) is 297 Å². The van der Waals surface area contributed by atoms with Crippen LogP contribution in [0.15, 0.2) is 146 Å². The summed E-state index contributed by atoms with van der Waals surface area (Å²) in [6.45, 7) is 6.37. The Kier molecular flexibility index (Phi) is 63.9. The maximum absolute atomic E-state index is 12.9. The zero-order valence-electron chi connectivity index (χ0n) is 52.5. The number of ether oxygens (including phenoxy) is 3. The normalized spacial score (nSPS) is 13.1. The minimum Gasteiger partial charge on any atom is -0.462 e. The van der Waals surface area contributed by atoms with E-state index in [2.05, 4.69) is 167 Å². The Labute approximate surface area is 499 Å². The third kappa shape index (κ3) is 66.0. The first-order chi connectivity index (χ1) is 40.0. The van der Waals surface area contributed by atoms with Gasteiger partial charge in [-0.05, 0) is 122 Å². The van der Waals surface area contributed by atoms with Crippen molar-refractivity contribution in [3.05, 3.63) is 146 Å². The van der Waals surface area contributed by atoms with Crippen LogP contribution < -0.4 is 0 Å². The highest BCUT2D eigenvalue weighted by Gasteiger charge is 2.19. The standard InChI is InChI=1S/C75H122O6/c1-4-7-10-13-16-19-21-23-25-27-29-31-33-35-37-39-41-43-45-47-49-51-53-56-59-62-65-68-74(77)80-71-72(70-79-73(76)67-64-61-58-55-18-15-12-9-6-3)81-75(78)69-66-63-60-57-54-52-50-48-46-44-42-40-38-36-34-32-30-28-26-24-22-20-17-14-11-8-5-2/h7-8,10-11,16-17,19-20,23-26,29-32,35,37,41,43,47,49,53,56,72H,4-6,9,12-15,18,21-22,27-28,33-34,36,38-40,42,44-46,48,50-52,54-55,57-71H2,1-3H3/b10-7-,11-8-,19-16-,20-17-,25-23-,26-24-,31-29-,32-30-,37-35-,43-41-,49-47-,56-53-. The second-order valence-electron chi connectivity index (χ2n) is 21.6. The molecule has 0 rings (SSSR count). The summed E-state index contributed by atoms with van der Waals surface area (Å²) in [5.41, 5.74) is 0. The molecule has 0 radical (unpaired) electrons. The van der Waals surface area contributed by atoms with Gasteiger partial charge in [-0.3, -0.25) is 14.4 Å². The summed E-state index contributed by atoms with van der Waals surface area (Å²) in [6, 6.07) is 0. The first-order valence-electron chi connectivity index (χ1n) is 33.3. The highest BCUT2D eigenvalue weighted by molar-refractivity contribution is 5.71. The first kappa shape index (κ1) is 76.3. The van der Waals surface area contributed by atoms with E-state index in [-0.39, 0.29) is 31.1 Å². The second-order valence-corrected chi connectivity index (χ2v) is 21.6. The number of esters is 3. The molecule has 0 aliphatic carbocycles. The molecular weight excluding hydrogens is 997 g/mol. The van der Waals surface area contributed by atoms with Crippen LogP contribution in [0.1, 0.15) is 290 Å². The monoisotopic (exact) mass is 1120 g/mol. The number of rotatable bonds is 59. The van der Waals surface area contributed by atoms with Gasteiger partial charge < -0.3 is 14.2 Å². The van der Waals surface area contributed by atoms with Gasteiger partial charge in [0.05, 0.1) is 0 Å². The highest BCUT2D eigenvalue weighted by atomic mass is 16.6. The lowest BCUT2D eigenvalue weighted by atomic mass is 10.0. The van der Waals surface area contributed by atoms with Gasteiger partial charge in [-0.2, -0.15) is 0 Å². The van der Waals surface area contributed by atoms with Crippen molar-refractivity contribution >= 4 is 17.9 Å². The molecule has 0 N–H and O–H groups in total. The molecule has 0 aromatic heterocycles. The van der Waals surface area contributed by atoms with Crippen LogP contribution in [0.5, 0.6) is 0 Å². The maximum atomic E-state index is 12.9. The number of allylic oxidation sites excluding steroid dienone is 24. The van der Waals surface area contributed by atoms with E-state index in [1.54, 1.807) is 0 Å². The third-order valence-corrected chi connectivity index (χ3v) is 13.8. The molecule has 458 valence electrons. The lowest BCUT2D eigenvalue weighted by Crippen LogP contribution is -2.30. The fourth-order valence-electron chi connectivity index (χ4n) is 8.92. The summed E-state index contributed by atoms with van der Waals surface area (Å²) in [5, 5.41) is 0. The first-order valence-corrected chi connectivity index (χ1v) is 33.3. The molecule has 0 saturated carbocycles. The van der Waals surface area contributed by atoms with Gasteiger partial charge in [0.1, 0.15) is 13.2 Å². The molecule has 0 bridgehead atoms. The molecule has 0 aliphatic rings. The SMILES string of the molecule is CC/C=C\C/C=C\C/C=C\C/C=C\C/C=C\C/C=C\C/C=C\C/C=C\CCCCC(=O)OCC(COC(=O)CCCCCCCCCCC)OC(=O)CCCCCCCCCCCCCCCC/C=C\C/C=C\C/C=C\C/C=C\CC. The average Bonchev–Trinajstić information content (AvgIpc) is 3.47. The fraction of sp³-hybridized carbons (Fsp3) is 0.640. The molecule has 0 aromatic rings. The molecule has 0 heterocycles. The van der Waals surface area contributed by atoms with Gasteiger partial charge in [-0.1, -0.05) is 295 Å². The third-order valence-electron chi connectivity index (χ3n) is 13.8. The van der Waals surface area contributed by atoms with Crippen LogP contribution in [0, 0.1) is 0 Å². The van der Waals surface area contributed by atoms with E-state index in [1.807, 2.05) is 0 Å². The Balaban J connectivity index is 4.30. The summed E-state index contributed by atoms with van der Waals surface area (Å²) in [4.78, 5) is 38.2. The van der Waals surface area contributed by atoms with E-state index in [1.165, 1.54) is 116 Å². The Morgan fingerprint density at radius 1 is 0.259 bits per heavy atom. The molecule has 0 fully saturated rings. The van der Waals surface area contributed by atoms with E-state index in [9.17, 15) is 14.4 Å². The lowest BCUT2D eigenvalue weighted by molar-refractivity contribution is -0.167. The Morgan fingerprint density at radius 2 is 0.481 bits per heavy atom. The minimum absolute atomic E-state index is 0.0941. The number of unbranched alkanes of at least 4 members (excludes halogenated alkanes) is 24. The predicted octanol–water partition coefficient (Wildman–Crippen LogP) is 23.1. The van der Waals surface area contributed by atoms with Crippen molar-refractivity contribution < 1.29 is 28.6 Å². The minimum atomic E-state index is -0.800. The van der Waals surface area contributed by atoms with Crippen molar-refractivity contribution in [2.75, 3.05) is 13.2 Å². The average molecular weight is 1120 g/mol. The molecule has 0 amide bonds. The van der Waals surface area contributed by atoms with Crippen LogP contribution in [-0.2, 0) is 28.6 Å². The number of carbonyl (C=O) groups excluding carboxylic acids is 3. The molecule has 6 heteroatoms. The van der Waals surface area contributed by atoms with Crippen LogP contribution in [-0.4, -0.2) is 37.2 Å². The van der Waals surface area contributed by atoms with Crippen molar-refractivity contribution in [1.29, 1.82) is 0 Å². The summed E-state index contributed by atoms with van der Waals surface area (Å²) in [7, 11) is 0. The number of hydrogen-bond acceptors (Lipinski definition) is 6. The summed E-state index contributed by atoms with van der Waals surface area (Å²) in [6.07, 6.45) is 97.3. The van der Waals surface area contributed by atoms with Gasteiger partial charge in [0.15, 0.2) is 6.10 Å². The van der Waals surface area contributed by atoms with Crippen LogP contribution >= 0.6 is 0 Å². The quantitative estimate of drug-likeness (QED) is 0.0261. The Morgan fingerprint density at radius 3 is 0.778 bits per heavy atom. The highest BCUT2D eigenvalue weighted by Crippen LogP contribution is 2.16. The fourth-order valence-corrected chi connectivity index (χ4v) is 8.92. The summed E-state index contributed by atoms with van der Waals surface area (Å²) >= 11 is 0. The van der Waals surface area contributed by atoms with E-state index in [0.29, 0.717) is 19.3 Å². The van der Waals surface area contributed by atoms with Gasteiger partial charge in [-0.15, -0.1) is 0 Å². The van der Waals surface area contributed by atoms with Crippen molar-refractivity contribution in [2.24, 2.45) is 0 Å². The predicted molar refractivity (Wildman–Crippen MR) is 352 cm³/mol. The molecular formula is C75H122O6. The molecule has 0 saturated heterocycles. The molecule has 0 spiro atoms. The summed E-state index contributed by atoms with van der Waals surface area (Å²) < 4.78 is 16.9. The number of carbonyl (C=O) groups is 3. The zero-order chi connectivity index (χ0) is 58.5. The molecule has 1 unspecified atom stereocenters. The van der Waals surface area contributed by atoms with Gasteiger partial charge in [-0.25, -0.2) is 0 Å². The molecule has 0 aliphatic heterocycles. The van der Waals surface area contributed by atoms with Crippen LogP contribution in [0.2, 0.25) is 0 Å². The Bertz CT molecular complexity index is 1760. The molecule has 81 heavy (non-hydrogen) atoms. The molecule has 6 nitrogen and oxygen atoms in total. The topological polar surface area (TPSA) is 78.9 Å². The summed E-state index contributed by atoms with van der Waals surface area (Å²) in [5.74, 6) is -0.941. The van der Waals surface area contributed by atoms with Crippen molar-refractivity contribution in [3.63, 3.8) is 0 Å². The van der Waals surface area contributed by atoms with Crippen molar-refractivity contribution in [3.8, 4) is 0 Å². The van der Waals surface area contributed by atoms with Crippen LogP contribution in [0.25, 0.3) is 0 Å². The second kappa shape index (κ2) is 67.8. The zero-order valence-corrected chi connectivity index (χ0v) is 52.5. The van der Waals surface area contributed by atoms with Crippen LogP contribution in [0.4, 0.5) is 0 Å². The van der Waals surface area contributed by atoms with E-state index >= 15 is 0 Å². The van der Waals surface area contributed by atoms with Gasteiger partial charge in [0.25, 0.3) is 0 Å². The molecule has 1 atom stereocenters. The van der Waals surface area contributed by atoms with E-state index in [4.69, 9.17) is 14.2 Å². The van der Waals surface area contributed by atoms with Gasteiger partial charge in [0, 0.05) is 19.3 Å². The van der Waals surface area contributed by atoms with Crippen molar-refractivity contribution in [1.82, 2.24) is 0 Å². The Hall–Kier alpha value is -4.71. The lowest BCUT2D eigenvalue weighted by Gasteiger charge is -2.18. The van der Waals surface area contributed by atoms with E-state index in [0.717, 1.165) is 135 Å². The molecule has 0 aromatic carbocycles. The number of hydrogen-bond donors (Lipinski definition) is 0. The smallest absolute Gasteiger partial charge is 0.306 e. The van der Waals surface area contributed by atoms with Gasteiger partial charge >= 0.3 is 17.9 Å². The van der Waals surface area contributed by atoms with Gasteiger partial charge in [0.2, 0.25) is 0 Å². The maximum Gasteiger partial charge on any atom is 0.306 e. The largest absolute Gasteiger partial charge is 0.462 e. The van der Waals surface area contributed by atoms with E-state index < -0.39 is 6.10 Å².